The first-order valence-electron chi connectivity index (χ1n) is 14.6. The summed E-state index contributed by atoms with van der Waals surface area (Å²) in [6.07, 6.45) is 0. The molecule has 10 nitrogen and oxygen atoms in total. The Morgan fingerprint density at radius 1 is 1.02 bits per heavy atom. The van der Waals surface area contributed by atoms with Crippen LogP contribution >= 0.6 is 0 Å². The van der Waals surface area contributed by atoms with Crippen molar-refractivity contribution >= 4 is 33.8 Å². The average Bonchev–Trinajstić information content (AvgIpc) is 3.76. The molecule has 2 N–H and O–H groups in total. The molecule has 10 heteroatoms. The molecule has 3 aromatic carbocycles. The maximum Gasteiger partial charge on any atom is 0.289 e. The van der Waals surface area contributed by atoms with Gasteiger partial charge in [-0.05, 0) is 42.0 Å². The van der Waals surface area contributed by atoms with Crippen LogP contribution in [-0.2, 0) is 11.3 Å². The number of imidazole rings is 1. The fourth-order valence-electron chi connectivity index (χ4n) is 6.22. The van der Waals surface area contributed by atoms with Crippen LogP contribution in [-0.4, -0.2) is 78.0 Å². The SMILES string of the molecule is COc1ccc2cc1OCCN(C(=O)c1cc3ccccc3o1)CCNC(=O)[C@H]1CN(Cc3nc4ccccc4[nH]3)C[C@H]21. The van der Waals surface area contributed by atoms with Crippen LogP contribution in [0.2, 0.25) is 0 Å². The van der Waals surface area contributed by atoms with E-state index in [2.05, 4.69) is 15.2 Å². The zero-order chi connectivity index (χ0) is 29.3. The number of likely N-dealkylation sites (tertiary alicyclic amines) is 1. The summed E-state index contributed by atoms with van der Waals surface area (Å²) in [6.45, 7) is 3.09. The summed E-state index contributed by atoms with van der Waals surface area (Å²) >= 11 is 0. The first-order valence-corrected chi connectivity index (χ1v) is 14.6. The molecule has 43 heavy (non-hydrogen) atoms. The van der Waals surface area contributed by atoms with Gasteiger partial charge in [0.1, 0.15) is 18.0 Å². The third-order valence-electron chi connectivity index (χ3n) is 8.38. The smallest absolute Gasteiger partial charge is 0.289 e. The number of ether oxygens (including phenoxy) is 2. The highest BCUT2D eigenvalue weighted by Crippen LogP contribution is 2.38. The normalized spacial score (nSPS) is 19.7. The van der Waals surface area contributed by atoms with Crippen molar-refractivity contribution in [2.24, 2.45) is 5.92 Å². The van der Waals surface area contributed by atoms with Crippen molar-refractivity contribution in [3.63, 3.8) is 0 Å². The van der Waals surface area contributed by atoms with Crippen LogP contribution in [0.1, 0.15) is 27.9 Å². The molecule has 5 aromatic rings. The lowest BCUT2D eigenvalue weighted by Crippen LogP contribution is -2.42. The van der Waals surface area contributed by atoms with Crippen LogP contribution in [0.15, 0.2) is 77.2 Å². The molecule has 2 bridgehead atoms. The minimum absolute atomic E-state index is 0.0363. The number of aromatic nitrogens is 2. The Morgan fingerprint density at radius 2 is 1.86 bits per heavy atom. The van der Waals surface area contributed by atoms with E-state index in [1.807, 2.05) is 66.7 Å². The maximum atomic E-state index is 13.7. The molecule has 0 spiro atoms. The topological polar surface area (TPSA) is 113 Å². The van der Waals surface area contributed by atoms with Gasteiger partial charge >= 0.3 is 0 Å². The quantitative estimate of drug-likeness (QED) is 0.328. The number of nitrogens with one attached hydrogen (secondary N) is 2. The highest BCUT2D eigenvalue weighted by molar-refractivity contribution is 5.96. The van der Waals surface area contributed by atoms with Gasteiger partial charge in [-0.25, -0.2) is 4.98 Å². The van der Waals surface area contributed by atoms with Crippen molar-refractivity contribution in [2.45, 2.75) is 12.5 Å². The van der Waals surface area contributed by atoms with Gasteiger partial charge in [-0.3, -0.25) is 14.5 Å². The maximum absolute atomic E-state index is 13.7. The number of aromatic amines is 1. The summed E-state index contributed by atoms with van der Waals surface area (Å²) in [6, 6.07) is 23.1. The van der Waals surface area contributed by atoms with E-state index < -0.39 is 0 Å². The zero-order valence-corrected chi connectivity index (χ0v) is 23.9. The molecule has 0 aliphatic carbocycles. The van der Waals surface area contributed by atoms with E-state index in [0.29, 0.717) is 56.4 Å². The Kier molecular flexibility index (Phi) is 7.20. The van der Waals surface area contributed by atoms with Gasteiger partial charge in [0.2, 0.25) is 5.91 Å². The summed E-state index contributed by atoms with van der Waals surface area (Å²) in [5.41, 5.74) is 3.59. The number of fused-ring (bicyclic) bond motifs is 6. The first-order chi connectivity index (χ1) is 21.1. The number of H-pyrrole nitrogens is 1. The Balaban J connectivity index is 1.14. The summed E-state index contributed by atoms with van der Waals surface area (Å²) in [4.78, 5) is 39.3. The molecule has 0 saturated carbocycles. The van der Waals surface area contributed by atoms with Crippen LogP contribution < -0.4 is 14.8 Å². The largest absolute Gasteiger partial charge is 0.493 e. The number of amides is 2. The number of methoxy groups -OCH3 is 1. The number of carbonyl (C=O) groups is 2. The second-order valence-electron chi connectivity index (χ2n) is 11.1. The van der Waals surface area contributed by atoms with Crippen molar-refractivity contribution in [1.29, 1.82) is 0 Å². The molecular weight excluding hydrogens is 546 g/mol. The molecule has 2 aliphatic heterocycles. The van der Waals surface area contributed by atoms with Gasteiger partial charge in [0.05, 0.1) is 37.2 Å². The molecule has 1 fully saturated rings. The minimum Gasteiger partial charge on any atom is -0.493 e. The Morgan fingerprint density at radius 3 is 2.72 bits per heavy atom. The summed E-state index contributed by atoms with van der Waals surface area (Å²) < 4.78 is 17.6. The fraction of sp³-hybridized carbons (Fsp3) is 0.303. The number of furan rings is 1. The molecule has 0 unspecified atom stereocenters. The number of para-hydroxylation sites is 3. The zero-order valence-electron chi connectivity index (χ0n) is 23.9. The van der Waals surface area contributed by atoms with Crippen molar-refractivity contribution in [2.75, 3.05) is 46.4 Å². The van der Waals surface area contributed by atoms with Crippen LogP contribution in [0.5, 0.6) is 11.5 Å². The lowest BCUT2D eigenvalue weighted by Gasteiger charge is -2.22. The van der Waals surface area contributed by atoms with Gasteiger partial charge in [0.25, 0.3) is 5.91 Å². The number of nitrogens with zero attached hydrogens (tertiary/aromatic N) is 3. The van der Waals surface area contributed by atoms with Gasteiger partial charge in [-0.15, -0.1) is 0 Å². The second kappa shape index (κ2) is 11.4. The summed E-state index contributed by atoms with van der Waals surface area (Å²) in [5.74, 6) is 1.70. The highest BCUT2D eigenvalue weighted by atomic mass is 16.5. The van der Waals surface area contributed by atoms with Crippen molar-refractivity contribution in [3.05, 3.63) is 89.9 Å². The average molecular weight is 580 g/mol. The third kappa shape index (κ3) is 5.41. The predicted octanol–water partition coefficient (Wildman–Crippen LogP) is 4.18. The lowest BCUT2D eigenvalue weighted by atomic mass is 9.88. The van der Waals surface area contributed by atoms with Gasteiger partial charge in [0.15, 0.2) is 17.3 Å². The van der Waals surface area contributed by atoms with E-state index in [1.54, 1.807) is 18.1 Å². The van der Waals surface area contributed by atoms with Gasteiger partial charge < -0.3 is 29.1 Å². The van der Waals surface area contributed by atoms with E-state index in [0.717, 1.165) is 27.8 Å². The fourth-order valence-corrected chi connectivity index (χ4v) is 6.22. The highest BCUT2D eigenvalue weighted by Gasteiger charge is 2.39. The Hall–Kier alpha value is -4.83. The van der Waals surface area contributed by atoms with E-state index in [1.165, 1.54) is 0 Å². The van der Waals surface area contributed by atoms with E-state index in [9.17, 15) is 9.59 Å². The van der Waals surface area contributed by atoms with Crippen LogP contribution in [0.3, 0.4) is 0 Å². The standard InChI is InChI=1S/C33H33N5O5/c1-41-28-11-10-21-16-29(28)42-15-14-38(33(40)30-17-22-6-2-5-9-27(22)43-30)13-12-34-32(39)24-19-37(18-23(21)24)20-31-35-25-7-3-4-8-26(25)36-31/h2-11,16-17,23-24H,12-15,18-20H2,1H3,(H,34,39)(H,35,36)/t23-,24+/m1/s1. The molecule has 2 amide bonds. The van der Waals surface area contributed by atoms with Gasteiger partial charge in [-0.1, -0.05) is 36.4 Å². The molecule has 4 heterocycles. The number of hydrogen-bond acceptors (Lipinski definition) is 7. The second-order valence-corrected chi connectivity index (χ2v) is 11.1. The van der Waals surface area contributed by atoms with Crippen molar-refractivity contribution < 1.29 is 23.5 Å². The molecule has 1 saturated heterocycles. The summed E-state index contributed by atoms with van der Waals surface area (Å²) in [7, 11) is 1.61. The van der Waals surface area contributed by atoms with Crippen LogP contribution in [0.4, 0.5) is 0 Å². The molecule has 7 rings (SSSR count). The molecule has 220 valence electrons. The molecule has 2 aromatic heterocycles. The van der Waals surface area contributed by atoms with Crippen molar-refractivity contribution in [1.82, 2.24) is 25.1 Å². The Labute approximate surface area is 248 Å². The van der Waals surface area contributed by atoms with Crippen molar-refractivity contribution in [3.8, 4) is 11.5 Å². The molecule has 2 aliphatic rings. The Bertz CT molecular complexity index is 1730. The van der Waals surface area contributed by atoms with Crippen LogP contribution in [0, 0.1) is 5.92 Å². The summed E-state index contributed by atoms with van der Waals surface area (Å²) in [5, 5.41) is 3.98. The van der Waals surface area contributed by atoms with E-state index in [-0.39, 0.29) is 36.0 Å². The van der Waals surface area contributed by atoms with Crippen LogP contribution in [0.25, 0.3) is 22.0 Å². The predicted molar refractivity (Wildman–Crippen MR) is 161 cm³/mol. The number of rotatable bonds is 4. The minimum atomic E-state index is -0.286. The molecule has 0 radical (unpaired) electrons. The number of benzene rings is 3. The molecular formula is C33H33N5O5. The first kappa shape index (κ1) is 27.0. The third-order valence-corrected chi connectivity index (χ3v) is 8.38. The molecule has 2 atom stereocenters. The van der Waals surface area contributed by atoms with E-state index >= 15 is 0 Å². The number of hydrogen-bond donors (Lipinski definition) is 2. The monoisotopic (exact) mass is 579 g/mol. The number of carbonyl (C=O) groups excluding carboxylic acids is 2. The lowest BCUT2D eigenvalue weighted by molar-refractivity contribution is -0.125. The van der Waals surface area contributed by atoms with Gasteiger partial charge in [0, 0.05) is 37.5 Å². The van der Waals surface area contributed by atoms with E-state index in [4.69, 9.17) is 18.9 Å². The van der Waals surface area contributed by atoms with Gasteiger partial charge in [-0.2, -0.15) is 0 Å².